The molecule has 0 spiro atoms. The lowest BCUT2D eigenvalue weighted by Crippen LogP contribution is -2.14. The van der Waals surface area contributed by atoms with Crippen molar-refractivity contribution < 1.29 is 9.53 Å². The number of carbonyl (C=O) groups is 1. The lowest BCUT2D eigenvalue weighted by Gasteiger charge is -2.06. The molecule has 0 radical (unpaired) electrons. The van der Waals surface area contributed by atoms with Gasteiger partial charge < -0.3 is 4.74 Å². The Morgan fingerprint density at radius 3 is 2.68 bits per heavy atom. The van der Waals surface area contributed by atoms with E-state index in [1.165, 1.54) is 6.20 Å². The van der Waals surface area contributed by atoms with Gasteiger partial charge in [-0.25, -0.2) is 9.78 Å². The highest BCUT2D eigenvalue weighted by atomic mass is 16.5. The van der Waals surface area contributed by atoms with E-state index in [9.17, 15) is 4.79 Å². The summed E-state index contributed by atoms with van der Waals surface area (Å²) in [6, 6.07) is 12.8. The maximum absolute atomic E-state index is 11.5. The number of terminal acetylenes is 1. The van der Waals surface area contributed by atoms with Crippen LogP contribution in [0.4, 0.5) is 10.6 Å². The van der Waals surface area contributed by atoms with Crippen molar-refractivity contribution in [2.45, 2.75) is 6.61 Å². The number of hydrogen-bond acceptors (Lipinski definition) is 3. The van der Waals surface area contributed by atoms with E-state index >= 15 is 0 Å². The topological polar surface area (TPSA) is 51.2 Å². The maximum atomic E-state index is 11.5. The molecule has 0 fully saturated rings. The minimum Gasteiger partial charge on any atom is -0.444 e. The molecule has 1 aromatic heterocycles. The summed E-state index contributed by atoms with van der Waals surface area (Å²) in [5.41, 5.74) is 1.58. The normalized spacial score (nSPS) is 9.42. The Morgan fingerprint density at radius 1 is 1.26 bits per heavy atom. The van der Waals surface area contributed by atoms with Crippen LogP contribution in [0.15, 0.2) is 48.7 Å². The highest BCUT2D eigenvalue weighted by Crippen LogP contribution is 2.06. The Balaban J connectivity index is 1.86. The van der Waals surface area contributed by atoms with E-state index in [4.69, 9.17) is 11.2 Å². The summed E-state index contributed by atoms with van der Waals surface area (Å²) in [6.07, 6.45) is 6.17. The molecule has 2 rings (SSSR count). The van der Waals surface area contributed by atoms with E-state index in [-0.39, 0.29) is 6.61 Å². The quantitative estimate of drug-likeness (QED) is 0.854. The molecular formula is C15H12N2O2. The lowest BCUT2D eigenvalue weighted by molar-refractivity contribution is 0.155. The SMILES string of the molecule is C#Cc1ccc(NC(=O)OCc2ccccc2)nc1. The molecule has 1 aromatic carbocycles. The molecule has 0 atom stereocenters. The van der Waals surface area contributed by atoms with Crippen molar-refractivity contribution in [2.24, 2.45) is 0 Å². The number of anilines is 1. The number of ether oxygens (including phenoxy) is 1. The van der Waals surface area contributed by atoms with E-state index in [0.717, 1.165) is 5.56 Å². The first kappa shape index (κ1) is 12.7. The predicted molar refractivity (Wildman–Crippen MR) is 72.4 cm³/mol. The van der Waals surface area contributed by atoms with Crippen LogP contribution in [0.3, 0.4) is 0 Å². The number of benzene rings is 1. The number of hydrogen-bond donors (Lipinski definition) is 1. The Bertz CT molecular complexity index is 586. The van der Waals surface area contributed by atoms with Crippen LogP contribution in [-0.2, 0) is 11.3 Å². The molecule has 0 saturated carbocycles. The van der Waals surface area contributed by atoms with Crippen LogP contribution in [0, 0.1) is 12.3 Å². The summed E-state index contributed by atoms with van der Waals surface area (Å²) in [7, 11) is 0. The van der Waals surface area contributed by atoms with Crippen molar-refractivity contribution in [3.8, 4) is 12.3 Å². The second kappa shape index (κ2) is 6.22. The Morgan fingerprint density at radius 2 is 2.05 bits per heavy atom. The molecule has 2 aromatic rings. The van der Waals surface area contributed by atoms with Gasteiger partial charge in [0.2, 0.25) is 0 Å². The first-order valence-electron chi connectivity index (χ1n) is 5.68. The summed E-state index contributed by atoms with van der Waals surface area (Å²) >= 11 is 0. The number of rotatable bonds is 3. The number of aromatic nitrogens is 1. The maximum Gasteiger partial charge on any atom is 0.413 e. The van der Waals surface area contributed by atoms with Crippen molar-refractivity contribution >= 4 is 11.9 Å². The zero-order valence-corrected chi connectivity index (χ0v) is 10.2. The second-order valence-corrected chi connectivity index (χ2v) is 3.76. The van der Waals surface area contributed by atoms with E-state index in [1.54, 1.807) is 12.1 Å². The predicted octanol–water partition coefficient (Wildman–Crippen LogP) is 2.81. The third-order valence-electron chi connectivity index (χ3n) is 2.37. The van der Waals surface area contributed by atoms with Crippen LogP contribution in [0.5, 0.6) is 0 Å². The summed E-state index contributed by atoms with van der Waals surface area (Å²) in [6.45, 7) is 0.217. The highest BCUT2D eigenvalue weighted by molar-refractivity contribution is 5.83. The Hall–Kier alpha value is -2.80. The van der Waals surface area contributed by atoms with Crippen molar-refractivity contribution in [2.75, 3.05) is 5.32 Å². The molecule has 0 unspecified atom stereocenters. The number of nitrogens with one attached hydrogen (secondary N) is 1. The van der Waals surface area contributed by atoms with Crippen LogP contribution in [0.25, 0.3) is 0 Å². The van der Waals surface area contributed by atoms with Gasteiger partial charge in [0.1, 0.15) is 12.4 Å². The zero-order chi connectivity index (χ0) is 13.5. The van der Waals surface area contributed by atoms with Gasteiger partial charge in [-0.2, -0.15) is 0 Å². The molecule has 0 saturated heterocycles. The van der Waals surface area contributed by atoms with Gasteiger partial charge in [0.25, 0.3) is 0 Å². The number of carbonyl (C=O) groups excluding carboxylic acids is 1. The molecule has 1 amide bonds. The van der Waals surface area contributed by atoms with Crippen molar-refractivity contribution in [1.29, 1.82) is 0 Å². The van der Waals surface area contributed by atoms with E-state index in [0.29, 0.717) is 11.4 Å². The molecule has 19 heavy (non-hydrogen) atoms. The van der Waals surface area contributed by atoms with Gasteiger partial charge in [-0.1, -0.05) is 36.3 Å². The third-order valence-corrected chi connectivity index (χ3v) is 2.37. The monoisotopic (exact) mass is 252 g/mol. The average Bonchev–Trinajstić information content (AvgIpc) is 2.47. The third kappa shape index (κ3) is 3.86. The Labute approximate surface area is 111 Å². The summed E-state index contributed by atoms with van der Waals surface area (Å²) in [4.78, 5) is 15.5. The molecule has 0 aliphatic heterocycles. The summed E-state index contributed by atoms with van der Waals surface area (Å²) in [5, 5.41) is 2.52. The summed E-state index contributed by atoms with van der Waals surface area (Å²) in [5.74, 6) is 2.85. The van der Waals surface area contributed by atoms with Gasteiger partial charge in [0, 0.05) is 11.8 Å². The van der Waals surface area contributed by atoms with Gasteiger partial charge in [-0.3, -0.25) is 5.32 Å². The first-order chi connectivity index (χ1) is 9.28. The smallest absolute Gasteiger partial charge is 0.413 e. The number of amides is 1. The second-order valence-electron chi connectivity index (χ2n) is 3.76. The minimum atomic E-state index is -0.551. The Kier molecular flexibility index (Phi) is 4.14. The molecular weight excluding hydrogens is 240 g/mol. The van der Waals surface area contributed by atoms with E-state index < -0.39 is 6.09 Å². The molecule has 1 heterocycles. The van der Waals surface area contributed by atoms with Crippen molar-refractivity contribution in [3.63, 3.8) is 0 Å². The standard InChI is InChI=1S/C15H12N2O2/c1-2-12-8-9-14(16-10-12)17-15(18)19-11-13-6-4-3-5-7-13/h1,3-10H,11H2,(H,16,17,18). The molecule has 1 N–H and O–H groups in total. The zero-order valence-electron chi connectivity index (χ0n) is 10.2. The largest absolute Gasteiger partial charge is 0.444 e. The number of pyridine rings is 1. The fraction of sp³-hybridized carbons (Fsp3) is 0.0667. The van der Waals surface area contributed by atoms with Crippen molar-refractivity contribution in [1.82, 2.24) is 4.98 Å². The van der Waals surface area contributed by atoms with Gasteiger partial charge in [-0.05, 0) is 17.7 Å². The van der Waals surface area contributed by atoms with E-state index in [1.807, 2.05) is 30.3 Å². The molecule has 4 heteroatoms. The molecule has 94 valence electrons. The van der Waals surface area contributed by atoms with E-state index in [2.05, 4.69) is 16.2 Å². The molecule has 4 nitrogen and oxygen atoms in total. The van der Waals surface area contributed by atoms with Crippen LogP contribution in [0.1, 0.15) is 11.1 Å². The van der Waals surface area contributed by atoms with Crippen LogP contribution in [0.2, 0.25) is 0 Å². The van der Waals surface area contributed by atoms with Gasteiger partial charge in [-0.15, -0.1) is 6.42 Å². The molecule has 0 aliphatic rings. The fourth-order valence-electron chi connectivity index (χ4n) is 1.42. The van der Waals surface area contributed by atoms with Crippen molar-refractivity contribution in [3.05, 3.63) is 59.8 Å². The van der Waals surface area contributed by atoms with Gasteiger partial charge in [0.15, 0.2) is 0 Å². The highest BCUT2D eigenvalue weighted by Gasteiger charge is 2.04. The lowest BCUT2D eigenvalue weighted by atomic mass is 10.2. The van der Waals surface area contributed by atoms with Gasteiger partial charge >= 0.3 is 6.09 Å². The minimum absolute atomic E-state index is 0.217. The summed E-state index contributed by atoms with van der Waals surface area (Å²) < 4.78 is 5.06. The molecule has 0 aliphatic carbocycles. The average molecular weight is 252 g/mol. The fourth-order valence-corrected chi connectivity index (χ4v) is 1.42. The van der Waals surface area contributed by atoms with Crippen LogP contribution >= 0.6 is 0 Å². The number of nitrogens with zero attached hydrogens (tertiary/aromatic N) is 1. The van der Waals surface area contributed by atoms with Gasteiger partial charge in [0.05, 0.1) is 0 Å². The molecule has 0 bridgehead atoms. The first-order valence-corrected chi connectivity index (χ1v) is 5.68. The van der Waals surface area contributed by atoms with Crippen LogP contribution in [-0.4, -0.2) is 11.1 Å². The van der Waals surface area contributed by atoms with Crippen LogP contribution < -0.4 is 5.32 Å².